The third kappa shape index (κ3) is 7.54. The lowest BCUT2D eigenvalue weighted by molar-refractivity contribution is -0.135. The molecule has 1 aliphatic heterocycles. The number of likely N-dealkylation sites (tertiary alicyclic amines) is 1. The van der Waals surface area contributed by atoms with E-state index in [0.717, 1.165) is 36.8 Å². The second kappa shape index (κ2) is 14.6. The number of hydrogen-bond acceptors (Lipinski definition) is 3. The Kier molecular flexibility index (Phi) is 10.2. The molecule has 0 saturated carbocycles. The molecule has 5 rings (SSSR count). The maximum atomic E-state index is 13.9. The predicted molar refractivity (Wildman–Crippen MR) is 170 cm³/mol. The van der Waals surface area contributed by atoms with Gasteiger partial charge in [-0.05, 0) is 72.5 Å². The normalized spacial score (nSPS) is 17.2. The molecule has 216 valence electrons. The summed E-state index contributed by atoms with van der Waals surface area (Å²) in [7, 11) is 0. The number of nitrogens with zero attached hydrogens (tertiary/aromatic N) is 1. The van der Waals surface area contributed by atoms with E-state index in [1.807, 2.05) is 54.6 Å². The van der Waals surface area contributed by atoms with Crippen molar-refractivity contribution >= 4 is 11.8 Å². The van der Waals surface area contributed by atoms with E-state index >= 15 is 0 Å². The van der Waals surface area contributed by atoms with E-state index in [2.05, 4.69) is 70.9 Å². The average molecular weight is 560 g/mol. The summed E-state index contributed by atoms with van der Waals surface area (Å²) in [5.41, 5.74) is 11.1. The van der Waals surface area contributed by atoms with E-state index in [9.17, 15) is 9.59 Å². The van der Waals surface area contributed by atoms with E-state index in [4.69, 9.17) is 5.73 Å². The number of hydrogen-bond donors (Lipinski definition) is 2. The van der Waals surface area contributed by atoms with E-state index in [-0.39, 0.29) is 29.6 Å². The van der Waals surface area contributed by atoms with Crippen LogP contribution in [0.3, 0.4) is 0 Å². The van der Waals surface area contributed by atoms with Gasteiger partial charge in [0.1, 0.15) is 0 Å². The number of benzene rings is 4. The Morgan fingerprint density at radius 1 is 0.810 bits per heavy atom. The minimum absolute atomic E-state index is 0.0752. The Balaban J connectivity index is 1.26. The predicted octanol–water partition coefficient (Wildman–Crippen LogP) is 6.51. The highest BCUT2D eigenvalue weighted by Crippen LogP contribution is 2.31. The molecule has 0 unspecified atom stereocenters. The molecule has 4 aromatic rings. The van der Waals surface area contributed by atoms with Crippen molar-refractivity contribution in [3.8, 4) is 11.1 Å². The average Bonchev–Trinajstić information content (AvgIpc) is 3.20. The summed E-state index contributed by atoms with van der Waals surface area (Å²) in [4.78, 5) is 29.0. The van der Waals surface area contributed by atoms with Crippen molar-refractivity contribution in [1.29, 1.82) is 0 Å². The summed E-state index contributed by atoms with van der Waals surface area (Å²) in [6.07, 6.45) is 3.22. The van der Waals surface area contributed by atoms with Crippen LogP contribution in [0.15, 0.2) is 115 Å². The van der Waals surface area contributed by atoms with Gasteiger partial charge in [0, 0.05) is 37.0 Å². The molecule has 2 atom stereocenters. The summed E-state index contributed by atoms with van der Waals surface area (Å²) in [6.45, 7) is 2.44. The van der Waals surface area contributed by atoms with Crippen molar-refractivity contribution in [3.05, 3.63) is 132 Å². The number of carbonyl (C=O) groups is 2. The molecule has 3 N–H and O–H groups in total. The molecule has 1 fully saturated rings. The molecule has 1 saturated heterocycles. The van der Waals surface area contributed by atoms with Crippen LogP contribution in [0.4, 0.5) is 0 Å². The number of rotatable bonds is 11. The second-order valence-electron chi connectivity index (χ2n) is 11.3. The summed E-state index contributed by atoms with van der Waals surface area (Å²) in [6, 6.07) is 38.8. The van der Waals surface area contributed by atoms with Crippen LogP contribution in [-0.2, 0) is 4.79 Å². The highest BCUT2D eigenvalue weighted by atomic mass is 16.2. The molecule has 1 heterocycles. The maximum absolute atomic E-state index is 13.9. The molecular formula is C37H41N3O2. The van der Waals surface area contributed by atoms with E-state index in [1.165, 1.54) is 11.1 Å². The van der Waals surface area contributed by atoms with Gasteiger partial charge in [0.2, 0.25) is 5.91 Å². The fourth-order valence-electron chi connectivity index (χ4n) is 6.08. The molecule has 0 spiro atoms. The Hall–Kier alpha value is -4.22. The van der Waals surface area contributed by atoms with Crippen LogP contribution in [0.5, 0.6) is 0 Å². The lowest BCUT2D eigenvalue weighted by atomic mass is 9.89. The first-order chi connectivity index (χ1) is 20.6. The third-order valence-electron chi connectivity index (χ3n) is 8.46. The highest BCUT2D eigenvalue weighted by molar-refractivity contribution is 5.94. The Morgan fingerprint density at radius 3 is 1.98 bits per heavy atom. The minimum Gasteiger partial charge on any atom is -0.352 e. The van der Waals surface area contributed by atoms with Crippen LogP contribution in [0.25, 0.3) is 11.1 Å². The third-order valence-corrected chi connectivity index (χ3v) is 8.46. The highest BCUT2D eigenvalue weighted by Gasteiger charge is 2.33. The van der Waals surface area contributed by atoms with Crippen LogP contribution < -0.4 is 11.1 Å². The van der Waals surface area contributed by atoms with Crippen LogP contribution in [0.2, 0.25) is 0 Å². The summed E-state index contributed by atoms with van der Waals surface area (Å²) < 4.78 is 0. The van der Waals surface area contributed by atoms with Gasteiger partial charge in [0.15, 0.2) is 0 Å². The van der Waals surface area contributed by atoms with E-state index < -0.39 is 0 Å². The number of nitrogens with two attached hydrogens (primary N) is 1. The van der Waals surface area contributed by atoms with Gasteiger partial charge >= 0.3 is 0 Å². The standard InChI is InChI=1S/C37H41N3O2/c38-23-10-17-34-25-28(26-39-36(41)33-20-18-30(19-21-33)29-11-4-1-5-12-29)22-24-40(37(34)42)27-35(31-13-6-2-7-14-31)32-15-8-3-9-16-32/h1-9,11-16,18-21,28,34-35H,10,17,22-27,38H2,(H,39,41)/t28-,34-/m1/s1. The molecule has 4 aromatic carbocycles. The van der Waals surface area contributed by atoms with Gasteiger partial charge in [0.05, 0.1) is 0 Å². The lowest BCUT2D eigenvalue weighted by Gasteiger charge is -2.29. The number of carbonyl (C=O) groups excluding carboxylic acids is 2. The Bertz CT molecular complexity index is 1370. The monoisotopic (exact) mass is 559 g/mol. The van der Waals surface area contributed by atoms with Crippen molar-refractivity contribution in [2.45, 2.75) is 31.6 Å². The van der Waals surface area contributed by atoms with Crippen molar-refractivity contribution in [3.63, 3.8) is 0 Å². The molecule has 1 aliphatic rings. The topological polar surface area (TPSA) is 75.4 Å². The van der Waals surface area contributed by atoms with Crippen molar-refractivity contribution in [1.82, 2.24) is 10.2 Å². The number of nitrogens with one attached hydrogen (secondary N) is 1. The van der Waals surface area contributed by atoms with Crippen molar-refractivity contribution < 1.29 is 9.59 Å². The maximum Gasteiger partial charge on any atom is 0.251 e. The smallest absolute Gasteiger partial charge is 0.251 e. The van der Waals surface area contributed by atoms with Crippen LogP contribution >= 0.6 is 0 Å². The van der Waals surface area contributed by atoms with Gasteiger partial charge in [0.25, 0.3) is 5.91 Å². The van der Waals surface area contributed by atoms with Crippen LogP contribution in [0, 0.1) is 11.8 Å². The van der Waals surface area contributed by atoms with E-state index in [1.54, 1.807) is 0 Å². The lowest BCUT2D eigenvalue weighted by Crippen LogP contribution is -2.38. The Morgan fingerprint density at radius 2 is 1.38 bits per heavy atom. The molecule has 0 aromatic heterocycles. The second-order valence-corrected chi connectivity index (χ2v) is 11.3. The molecule has 42 heavy (non-hydrogen) atoms. The first-order valence-electron chi connectivity index (χ1n) is 15.1. The zero-order valence-electron chi connectivity index (χ0n) is 24.2. The van der Waals surface area contributed by atoms with Gasteiger partial charge in [-0.25, -0.2) is 0 Å². The molecule has 0 bridgehead atoms. The van der Waals surface area contributed by atoms with Gasteiger partial charge in [-0.1, -0.05) is 103 Å². The largest absolute Gasteiger partial charge is 0.352 e. The first kappa shape index (κ1) is 29.3. The fraction of sp³-hybridized carbons (Fsp3) is 0.297. The van der Waals surface area contributed by atoms with Gasteiger partial charge in [-0.15, -0.1) is 0 Å². The SMILES string of the molecule is NCCC[C@@H]1C[C@H](CNC(=O)c2ccc(-c3ccccc3)cc2)CCN(CC(c2ccccc2)c2ccccc2)C1=O. The van der Waals surface area contributed by atoms with Crippen LogP contribution in [0.1, 0.15) is 53.1 Å². The fourth-order valence-corrected chi connectivity index (χ4v) is 6.08. The first-order valence-corrected chi connectivity index (χ1v) is 15.1. The van der Waals surface area contributed by atoms with Gasteiger partial charge < -0.3 is 16.0 Å². The summed E-state index contributed by atoms with van der Waals surface area (Å²) in [5, 5.41) is 3.16. The zero-order valence-corrected chi connectivity index (χ0v) is 24.2. The quantitative estimate of drug-likeness (QED) is 0.220. The molecule has 5 nitrogen and oxygen atoms in total. The van der Waals surface area contributed by atoms with Crippen LogP contribution in [-0.4, -0.2) is 42.9 Å². The number of amides is 2. The molecule has 5 heteroatoms. The zero-order chi connectivity index (χ0) is 29.1. The molecule has 0 radical (unpaired) electrons. The van der Waals surface area contributed by atoms with Crippen molar-refractivity contribution in [2.75, 3.05) is 26.2 Å². The minimum atomic E-state index is -0.0877. The van der Waals surface area contributed by atoms with Gasteiger partial charge in [-0.2, -0.15) is 0 Å². The molecule has 0 aliphatic carbocycles. The summed E-state index contributed by atoms with van der Waals surface area (Å²) in [5.74, 6) is 0.373. The van der Waals surface area contributed by atoms with E-state index in [0.29, 0.717) is 31.7 Å². The summed E-state index contributed by atoms with van der Waals surface area (Å²) >= 11 is 0. The molecule has 2 amide bonds. The Labute approximate surface area is 249 Å². The van der Waals surface area contributed by atoms with Crippen molar-refractivity contribution in [2.24, 2.45) is 17.6 Å². The molecular weight excluding hydrogens is 518 g/mol. The van der Waals surface area contributed by atoms with Gasteiger partial charge in [-0.3, -0.25) is 9.59 Å².